The fourth-order valence-corrected chi connectivity index (χ4v) is 3.44. The van der Waals surface area contributed by atoms with Crippen molar-refractivity contribution in [3.8, 4) is 0 Å². The van der Waals surface area contributed by atoms with E-state index in [0.717, 1.165) is 49.9 Å². The number of benzene rings is 1. The van der Waals surface area contributed by atoms with Gasteiger partial charge < -0.3 is 9.97 Å². The summed E-state index contributed by atoms with van der Waals surface area (Å²) >= 11 is 5.52. The zero-order chi connectivity index (χ0) is 21.0. The summed E-state index contributed by atoms with van der Waals surface area (Å²) in [4.78, 5) is 16.0. The van der Waals surface area contributed by atoms with Gasteiger partial charge in [0.25, 0.3) is 0 Å². The summed E-state index contributed by atoms with van der Waals surface area (Å²) in [5.41, 5.74) is 7.86. The first-order valence-electron chi connectivity index (χ1n) is 9.86. The predicted octanol–water partition coefficient (Wildman–Crippen LogP) is 6.79. The van der Waals surface area contributed by atoms with Gasteiger partial charge >= 0.3 is 0 Å². The molecule has 32 heavy (non-hydrogen) atoms. The zero-order valence-corrected chi connectivity index (χ0v) is 20.9. The van der Waals surface area contributed by atoms with Crippen LogP contribution in [-0.2, 0) is 19.5 Å². The van der Waals surface area contributed by atoms with Gasteiger partial charge in [-0.05, 0) is 72.8 Å². The van der Waals surface area contributed by atoms with E-state index in [4.69, 9.17) is 11.6 Å². The summed E-state index contributed by atoms with van der Waals surface area (Å²) in [5, 5.41) is 0.763. The summed E-state index contributed by atoms with van der Waals surface area (Å²) in [7, 11) is 0. The van der Waals surface area contributed by atoms with Crippen LogP contribution < -0.4 is 0 Å². The second kappa shape index (κ2) is 9.90. The van der Waals surface area contributed by atoms with E-state index >= 15 is 0 Å². The minimum Gasteiger partial charge on any atom is -0.355 e. The van der Waals surface area contributed by atoms with Crippen molar-refractivity contribution in [3.63, 3.8) is 0 Å². The number of aromatic amines is 2. The maximum absolute atomic E-state index is 5.52. The van der Waals surface area contributed by atoms with Gasteiger partial charge in [0.15, 0.2) is 0 Å². The van der Waals surface area contributed by atoms with Crippen LogP contribution in [0.1, 0.15) is 22.8 Å². The Morgan fingerprint density at radius 2 is 0.969 bits per heavy atom. The molecule has 0 fully saturated rings. The Labute approximate surface area is 203 Å². The van der Waals surface area contributed by atoms with Gasteiger partial charge in [0.05, 0.1) is 22.8 Å². The van der Waals surface area contributed by atoms with Crippen LogP contribution in [0.2, 0.25) is 5.02 Å². The van der Waals surface area contributed by atoms with Gasteiger partial charge in [-0.15, -0.1) is 11.6 Å². The smallest absolute Gasteiger partial charge is 0.0659 e. The molecule has 4 aromatic rings. The van der Waals surface area contributed by atoms with Gasteiger partial charge in [-0.25, -0.2) is 9.97 Å². The Hall–Kier alpha value is -3.27. The number of hydrogen-bond donors (Lipinski definition) is 2. The maximum atomic E-state index is 5.52. The Bertz CT molecular complexity index is 1360. The van der Waals surface area contributed by atoms with Crippen LogP contribution in [0.4, 0.5) is 0 Å². The molecule has 0 aliphatic carbocycles. The monoisotopic (exact) mass is 485 g/mol. The standard InChI is InChI=1S/C20H14N4.C6H4Cl.Zn/c1-2-14-10-16-5-6-18(23-16)12-20-8-7-19(24-20)11-17-4-3-15(22-17)9-13(1)21-14;7-6-4-2-1-3-5-6;/h1-12,21-22H;2-5H;/q;-1;. The number of aromatic nitrogens is 4. The number of H-pyrrole nitrogens is 2. The minimum atomic E-state index is 0. The topological polar surface area (TPSA) is 57.4 Å². The average Bonchev–Trinajstić information content (AvgIpc) is 3.55. The first-order chi connectivity index (χ1) is 15.2. The van der Waals surface area contributed by atoms with Crippen LogP contribution in [0.5, 0.6) is 0 Å². The normalized spacial score (nSPS) is 11.4. The van der Waals surface area contributed by atoms with Gasteiger partial charge in [0.1, 0.15) is 0 Å². The van der Waals surface area contributed by atoms with Crippen LogP contribution in [0.25, 0.3) is 46.4 Å². The number of fused-ring (bicyclic) bond motifs is 8. The Balaban J connectivity index is 0.000000265. The number of halogens is 1. The fourth-order valence-electron chi connectivity index (χ4n) is 3.31. The molecular formula is C26H18ClN4Zn-. The molecule has 0 atom stereocenters. The Morgan fingerprint density at radius 1 is 0.562 bits per heavy atom. The summed E-state index contributed by atoms with van der Waals surface area (Å²) < 4.78 is 0. The van der Waals surface area contributed by atoms with Gasteiger partial charge in [0, 0.05) is 41.5 Å². The molecule has 6 heteroatoms. The van der Waals surface area contributed by atoms with Crippen molar-refractivity contribution in [2.24, 2.45) is 0 Å². The van der Waals surface area contributed by atoms with E-state index < -0.39 is 0 Å². The van der Waals surface area contributed by atoms with Crippen molar-refractivity contribution in [3.05, 3.63) is 107 Å². The molecule has 0 amide bonds. The quantitative estimate of drug-likeness (QED) is 0.183. The van der Waals surface area contributed by atoms with Gasteiger partial charge in [-0.2, -0.15) is 30.3 Å². The summed E-state index contributed by atoms with van der Waals surface area (Å²) in [5.74, 6) is 0. The summed E-state index contributed by atoms with van der Waals surface area (Å²) in [6.45, 7) is 0. The SMILES string of the molecule is C1=Cc2cc3ccc(cc4ccc(cc5nc(cc1n2)C=C5)[nH]4)[nH]3.Clc1cc[c-]cc1.[Zn]. The Morgan fingerprint density at radius 3 is 1.38 bits per heavy atom. The van der Waals surface area contributed by atoms with Crippen LogP contribution in [0.3, 0.4) is 0 Å². The molecule has 152 valence electrons. The van der Waals surface area contributed by atoms with E-state index in [1.165, 1.54) is 0 Å². The van der Waals surface area contributed by atoms with Crippen LogP contribution in [0, 0.1) is 6.07 Å². The molecule has 2 N–H and O–H groups in total. The Kier molecular flexibility index (Phi) is 6.79. The predicted molar refractivity (Wildman–Crippen MR) is 129 cm³/mol. The number of hydrogen-bond acceptors (Lipinski definition) is 2. The van der Waals surface area contributed by atoms with Crippen molar-refractivity contribution in [1.29, 1.82) is 0 Å². The molecule has 1 aromatic carbocycles. The van der Waals surface area contributed by atoms with Crippen molar-refractivity contribution in [2.45, 2.75) is 0 Å². The molecule has 5 heterocycles. The van der Waals surface area contributed by atoms with Crippen LogP contribution in [0.15, 0.2) is 72.8 Å². The summed E-state index contributed by atoms with van der Waals surface area (Å²) in [6, 6.07) is 26.4. The molecule has 2 aliphatic rings. The van der Waals surface area contributed by atoms with Crippen molar-refractivity contribution in [1.82, 2.24) is 19.9 Å². The second-order valence-corrected chi connectivity index (χ2v) is 7.56. The first kappa shape index (κ1) is 21.9. The van der Waals surface area contributed by atoms with Crippen molar-refractivity contribution in [2.75, 3.05) is 0 Å². The molecule has 0 spiro atoms. The van der Waals surface area contributed by atoms with E-state index in [1.807, 2.05) is 42.5 Å². The van der Waals surface area contributed by atoms with E-state index in [1.54, 1.807) is 24.3 Å². The molecule has 0 saturated carbocycles. The molecule has 6 rings (SSSR count). The van der Waals surface area contributed by atoms with E-state index in [2.05, 4.69) is 56.3 Å². The molecule has 0 radical (unpaired) electrons. The molecule has 0 unspecified atom stereocenters. The largest absolute Gasteiger partial charge is 0.355 e. The maximum Gasteiger partial charge on any atom is 0.0659 e. The zero-order valence-electron chi connectivity index (χ0n) is 17.2. The van der Waals surface area contributed by atoms with Crippen LogP contribution in [-0.4, -0.2) is 19.9 Å². The number of nitrogens with one attached hydrogen (secondary N) is 2. The van der Waals surface area contributed by atoms with E-state index in [9.17, 15) is 0 Å². The third kappa shape index (κ3) is 5.50. The molecule has 4 nitrogen and oxygen atoms in total. The average molecular weight is 487 g/mol. The molecular weight excluding hydrogens is 469 g/mol. The van der Waals surface area contributed by atoms with E-state index in [0.29, 0.717) is 0 Å². The second-order valence-electron chi connectivity index (χ2n) is 7.12. The molecule has 0 saturated heterocycles. The number of rotatable bonds is 0. The minimum absolute atomic E-state index is 0. The molecule has 2 aliphatic heterocycles. The third-order valence-electron chi connectivity index (χ3n) is 4.72. The summed E-state index contributed by atoms with van der Waals surface area (Å²) in [6.07, 6.45) is 8.05. The van der Waals surface area contributed by atoms with Gasteiger partial charge in [-0.3, -0.25) is 0 Å². The van der Waals surface area contributed by atoms with Crippen LogP contribution >= 0.6 is 11.6 Å². The molecule has 3 aromatic heterocycles. The van der Waals surface area contributed by atoms with Gasteiger partial charge in [-0.1, -0.05) is 5.02 Å². The van der Waals surface area contributed by atoms with Crippen molar-refractivity contribution < 1.29 is 19.5 Å². The number of nitrogens with zero attached hydrogens (tertiary/aromatic N) is 2. The van der Waals surface area contributed by atoms with Crippen molar-refractivity contribution >= 4 is 58.0 Å². The van der Waals surface area contributed by atoms with E-state index in [-0.39, 0.29) is 19.5 Å². The first-order valence-corrected chi connectivity index (χ1v) is 10.2. The molecule has 8 bridgehead atoms. The fraction of sp³-hybridized carbons (Fsp3) is 0. The third-order valence-corrected chi connectivity index (χ3v) is 4.97. The van der Waals surface area contributed by atoms with Gasteiger partial charge in [0.2, 0.25) is 0 Å².